The van der Waals surface area contributed by atoms with E-state index in [1.165, 1.54) is 6.26 Å². The van der Waals surface area contributed by atoms with Gasteiger partial charge in [-0.25, -0.2) is 8.42 Å². The van der Waals surface area contributed by atoms with Crippen molar-refractivity contribution in [3.63, 3.8) is 0 Å². The quantitative estimate of drug-likeness (QED) is 0.709. The average molecular weight is 415 g/mol. The number of halogens is 2. The minimum absolute atomic E-state index is 0.0439. The van der Waals surface area contributed by atoms with Crippen LogP contribution in [-0.4, -0.2) is 27.9 Å². The van der Waals surface area contributed by atoms with Crippen molar-refractivity contribution >= 4 is 33.0 Å². The Labute approximate surface area is 163 Å². The lowest BCUT2D eigenvalue weighted by atomic mass is 9.97. The second kappa shape index (κ2) is 7.39. The third kappa shape index (κ3) is 3.86. The zero-order valence-electron chi connectivity index (χ0n) is 14.7. The normalized spacial score (nSPS) is 20.7. The molecule has 0 bridgehead atoms. The van der Waals surface area contributed by atoms with Crippen LogP contribution >= 0.6 is 23.2 Å². The van der Waals surface area contributed by atoms with Gasteiger partial charge in [-0.2, -0.15) is 0 Å². The summed E-state index contributed by atoms with van der Waals surface area (Å²) in [7, 11) is -1.58. The van der Waals surface area contributed by atoms with Crippen molar-refractivity contribution in [1.82, 2.24) is 0 Å². The summed E-state index contributed by atoms with van der Waals surface area (Å²) in [4.78, 5) is 0.254. The van der Waals surface area contributed by atoms with Gasteiger partial charge in [0.05, 0.1) is 11.0 Å². The lowest BCUT2D eigenvalue weighted by molar-refractivity contribution is 0.0146. The van der Waals surface area contributed by atoms with Gasteiger partial charge >= 0.3 is 0 Å². The molecule has 1 aliphatic rings. The van der Waals surface area contributed by atoms with Gasteiger partial charge in [0.1, 0.15) is 11.9 Å². The van der Waals surface area contributed by atoms with E-state index in [4.69, 9.17) is 32.7 Å². The minimum Gasteiger partial charge on any atom is -0.485 e. The monoisotopic (exact) mass is 414 g/mol. The van der Waals surface area contributed by atoms with Crippen LogP contribution in [0.3, 0.4) is 0 Å². The molecule has 26 heavy (non-hydrogen) atoms. The van der Waals surface area contributed by atoms with Crippen LogP contribution < -0.4 is 4.74 Å². The van der Waals surface area contributed by atoms with Crippen LogP contribution in [0.2, 0.25) is 10.0 Å². The highest BCUT2D eigenvalue weighted by Gasteiger charge is 2.39. The van der Waals surface area contributed by atoms with Crippen molar-refractivity contribution in [3.05, 3.63) is 57.6 Å². The third-order valence-corrected chi connectivity index (χ3v) is 6.50. The number of hydrogen-bond donors (Lipinski definition) is 0. The predicted molar refractivity (Wildman–Crippen MR) is 103 cm³/mol. The number of fused-ring (bicyclic) bond motifs is 1. The average Bonchev–Trinajstić information content (AvgIpc) is 2.93. The van der Waals surface area contributed by atoms with Crippen molar-refractivity contribution < 1.29 is 17.9 Å². The smallest absolute Gasteiger partial charge is 0.175 e. The van der Waals surface area contributed by atoms with Crippen molar-refractivity contribution in [3.8, 4) is 5.75 Å². The molecule has 0 N–H and O–H groups in total. The number of hydrogen-bond acceptors (Lipinski definition) is 4. The fourth-order valence-corrected chi connectivity index (χ4v) is 4.53. The number of rotatable bonds is 5. The molecule has 0 aromatic heterocycles. The van der Waals surface area contributed by atoms with Gasteiger partial charge < -0.3 is 9.47 Å². The van der Waals surface area contributed by atoms with Gasteiger partial charge in [-0.15, -0.1) is 0 Å². The molecular weight excluding hydrogens is 395 g/mol. The first-order chi connectivity index (χ1) is 12.2. The summed E-state index contributed by atoms with van der Waals surface area (Å²) in [5.41, 5.74) is 1.96. The molecular formula is C19H20Cl2O4S. The van der Waals surface area contributed by atoms with Gasteiger partial charge in [0.25, 0.3) is 0 Å². The molecule has 0 radical (unpaired) electrons. The second-order valence-corrected chi connectivity index (χ2v) is 9.41. The van der Waals surface area contributed by atoms with E-state index in [0.717, 1.165) is 17.5 Å². The van der Waals surface area contributed by atoms with E-state index in [1.807, 2.05) is 13.0 Å². The summed E-state index contributed by atoms with van der Waals surface area (Å²) in [5, 5.41) is 1.18. The van der Waals surface area contributed by atoms with Gasteiger partial charge in [-0.3, -0.25) is 0 Å². The molecule has 0 fully saturated rings. The van der Waals surface area contributed by atoms with Crippen LogP contribution in [0.15, 0.2) is 41.3 Å². The highest BCUT2D eigenvalue weighted by atomic mass is 35.5. The Morgan fingerprint density at radius 3 is 2.38 bits per heavy atom. The van der Waals surface area contributed by atoms with E-state index in [0.29, 0.717) is 15.8 Å². The molecule has 3 atom stereocenters. The van der Waals surface area contributed by atoms with E-state index < -0.39 is 9.84 Å². The lowest BCUT2D eigenvalue weighted by Crippen LogP contribution is -2.26. The van der Waals surface area contributed by atoms with E-state index in [2.05, 4.69) is 0 Å². The van der Waals surface area contributed by atoms with Gasteiger partial charge in [0.15, 0.2) is 9.84 Å². The maximum atomic E-state index is 11.6. The topological polar surface area (TPSA) is 52.6 Å². The molecule has 0 aliphatic heterocycles. The number of methoxy groups -OCH3 is 1. The van der Waals surface area contributed by atoms with Crippen molar-refractivity contribution in [1.29, 1.82) is 0 Å². The summed E-state index contributed by atoms with van der Waals surface area (Å²) in [6.07, 6.45) is 1.58. The lowest BCUT2D eigenvalue weighted by Gasteiger charge is -2.26. The summed E-state index contributed by atoms with van der Waals surface area (Å²) in [6.45, 7) is 2.00. The zero-order valence-corrected chi connectivity index (χ0v) is 17.0. The number of benzene rings is 2. The van der Waals surface area contributed by atoms with Crippen LogP contribution in [0.25, 0.3) is 0 Å². The van der Waals surface area contributed by atoms with E-state index >= 15 is 0 Å². The summed E-state index contributed by atoms with van der Waals surface area (Å²) < 4.78 is 35.0. The number of ether oxygens (including phenoxy) is 2. The van der Waals surface area contributed by atoms with Gasteiger partial charge in [-0.1, -0.05) is 23.2 Å². The highest BCUT2D eigenvalue weighted by molar-refractivity contribution is 7.90. The largest absolute Gasteiger partial charge is 0.485 e. The Kier molecular flexibility index (Phi) is 5.54. The van der Waals surface area contributed by atoms with E-state index in [-0.39, 0.29) is 23.0 Å². The Morgan fingerprint density at radius 1 is 1.15 bits per heavy atom. The minimum atomic E-state index is -3.25. The first-order valence-electron chi connectivity index (χ1n) is 8.18. The van der Waals surface area contributed by atoms with Crippen molar-refractivity contribution in [2.24, 2.45) is 5.92 Å². The molecule has 0 heterocycles. The Morgan fingerprint density at radius 2 is 1.81 bits per heavy atom. The Balaban J connectivity index is 1.96. The maximum absolute atomic E-state index is 11.6. The van der Waals surface area contributed by atoms with Crippen LogP contribution in [0.4, 0.5) is 0 Å². The molecule has 0 unspecified atom stereocenters. The van der Waals surface area contributed by atoms with Crippen LogP contribution in [0, 0.1) is 5.92 Å². The molecule has 140 valence electrons. The first kappa shape index (κ1) is 19.5. The molecule has 7 heteroatoms. The van der Waals surface area contributed by atoms with E-state index in [9.17, 15) is 8.42 Å². The predicted octanol–water partition coefficient (Wildman–Crippen LogP) is 4.72. The standard InChI is InChI=1S/C19H20Cl2O4S/c1-11(24-2)15-10-16-17(8-12(20)9-18(16)21)19(15)25-13-4-6-14(7-5-13)26(3,22)23/h4-9,11,15,19H,10H2,1-3H3/t11-,15-,19-/m0/s1. The molecule has 0 saturated heterocycles. The summed E-state index contributed by atoms with van der Waals surface area (Å²) >= 11 is 12.6. The molecule has 0 saturated carbocycles. The number of sulfone groups is 1. The molecule has 3 rings (SSSR count). The molecule has 0 amide bonds. The fourth-order valence-electron chi connectivity index (χ4n) is 3.32. The summed E-state index contributed by atoms with van der Waals surface area (Å²) in [6, 6.07) is 10.0. The first-order valence-corrected chi connectivity index (χ1v) is 10.8. The Bertz CT molecular complexity index is 910. The maximum Gasteiger partial charge on any atom is 0.175 e. The van der Waals surface area contributed by atoms with Gasteiger partial charge in [-0.05, 0) is 60.9 Å². The SMILES string of the molecule is CO[C@@H](C)[C@@H]1Cc2c(Cl)cc(Cl)cc2[C@H]1Oc1ccc(S(C)(=O)=O)cc1. The van der Waals surface area contributed by atoms with Crippen LogP contribution in [0.5, 0.6) is 5.75 Å². The molecule has 2 aromatic rings. The van der Waals surface area contributed by atoms with Crippen molar-refractivity contribution in [2.75, 3.05) is 13.4 Å². The zero-order chi connectivity index (χ0) is 19.1. The molecule has 4 nitrogen and oxygen atoms in total. The fraction of sp³-hybridized carbons (Fsp3) is 0.368. The van der Waals surface area contributed by atoms with Gasteiger partial charge in [0, 0.05) is 29.3 Å². The van der Waals surface area contributed by atoms with Crippen molar-refractivity contribution in [2.45, 2.75) is 30.4 Å². The second-order valence-electron chi connectivity index (χ2n) is 6.55. The van der Waals surface area contributed by atoms with Gasteiger partial charge in [0.2, 0.25) is 0 Å². The molecule has 2 aromatic carbocycles. The van der Waals surface area contributed by atoms with E-state index in [1.54, 1.807) is 37.4 Å². The summed E-state index contributed by atoms with van der Waals surface area (Å²) in [5.74, 6) is 0.653. The molecule has 1 aliphatic carbocycles. The highest BCUT2D eigenvalue weighted by Crippen LogP contribution is 2.45. The van der Waals surface area contributed by atoms with Crippen LogP contribution in [-0.2, 0) is 21.0 Å². The van der Waals surface area contributed by atoms with Crippen LogP contribution in [0.1, 0.15) is 24.2 Å². The molecule has 0 spiro atoms. The Hall–Kier alpha value is -1.27. The third-order valence-electron chi connectivity index (χ3n) is 4.82.